The maximum atomic E-state index is 4.96. The fourth-order valence-electron chi connectivity index (χ4n) is 3.21. The van der Waals surface area contributed by atoms with Gasteiger partial charge in [-0.3, -0.25) is 0 Å². The first-order valence-electron chi connectivity index (χ1n) is 8.54. The van der Waals surface area contributed by atoms with Gasteiger partial charge in [-0.05, 0) is 24.3 Å². The van der Waals surface area contributed by atoms with E-state index < -0.39 is 0 Å². The van der Waals surface area contributed by atoms with Crippen molar-refractivity contribution in [3.05, 3.63) is 102 Å². The summed E-state index contributed by atoms with van der Waals surface area (Å²) in [5.41, 5.74) is 5.86. The van der Waals surface area contributed by atoms with Gasteiger partial charge in [0.25, 0.3) is 0 Å². The van der Waals surface area contributed by atoms with Crippen LogP contribution in [0.3, 0.4) is 0 Å². The van der Waals surface area contributed by atoms with Crippen molar-refractivity contribution >= 4 is 22.9 Å². The third-order valence-corrected chi connectivity index (χ3v) is 4.46. The Morgan fingerprint density at radius 1 is 0.731 bits per heavy atom. The van der Waals surface area contributed by atoms with Crippen LogP contribution in [0.4, 0.5) is 17.2 Å². The first-order chi connectivity index (χ1) is 12.9. The molecule has 0 radical (unpaired) electrons. The van der Waals surface area contributed by atoms with Crippen LogP contribution in [0.2, 0.25) is 0 Å². The average Bonchev–Trinajstić information content (AvgIpc) is 3.04. The normalized spacial score (nSPS) is 12.4. The van der Waals surface area contributed by atoms with Crippen molar-refractivity contribution in [1.29, 1.82) is 0 Å². The number of rotatable bonds is 2. The monoisotopic (exact) mass is 336 g/mol. The van der Waals surface area contributed by atoms with Crippen LogP contribution < -0.4 is 5.32 Å². The summed E-state index contributed by atoms with van der Waals surface area (Å²) in [7, 11) is 0. The highest BCUT2D eigenvalue weighted by molar-refractivity contribution is 6.18. The molecule has 0 saturated heterocycles. The zero-order chi connectivity index (χ0) is 17.3. The first kappa shape index (κ1) is 14.7. The van der Waals surface area contributed by atoms with Crippen molar-refractivity contribution < 1.29 is 0 Å². The summed E-state index contributed by atoms with van der Waals surface area (Å²) < 4.78 is 1.93. The van der Waals surface area contributed by atoms with Gasteiger partial charge >= 0.3 is 0 Å². The van der Waals surface area contributed by atoms with Gasteiger partial charge in [-0.2, -0.15) is 5.10 Å². The molecule has 2 heterocycles. The lowest BCUT2D eigenvalue weighted by Gasteiger charge is -2.11. The van der Waals surface area contributed by atoms with E-state index in [0.29, 0.717) is 0 Å². The Hall–Kier alpha value is -3.66. The van der Waals surface area contributed by atoms with E-state index in [1.54, 1.807) is 0 Å². The second-order valence-corrected chi connectivity index (χ2v) is 6.12. The number of aliphatic imine (C=N–C) groups is 1. The number of hydrogen-bond donors (Lipinski definition) is 1. The number of anilines is 2. The second kappa shape index (κ2) is 6.01. The molecule has 4 heteroatoms. The summed E-state index contributed by atoms with van der Waals surface area (Å²) >= 11 is 0. The van der Waals surface area contributed by atoms with Crippen molar-refractivity contribution in [3.8, 4) is 5.69 Å². The topological polar surface area (TPSA) is 42.2 Å². The highest BCUT2D eigenvalue weighted by Gasteiger charge is 2.22. The highest BCUT2D eigenvalue weighted by atomic mass is 15.3. The molecule has 4 nitrogen and oxygen atoms in total. The average molecular weight is 336 g/mol. The Morgan fingerprint density at radius 2 is 1.42 bits per heavy atom. The summed E-state index contributed by atoms with van der Waals surface area (Å²) in [6.07, 6.45) is 1.88. The number of nitrogens with zero attached hydrogens (tertiary/aromatic N) is 3. The summed E-state index contributed by atoms with van der Waals surface area (Å²) in [5, 5.41) is 8.17. The Labute approximate surface area is 151 Å². The summed E-state index contributed by atoms with van der Waals surface area (Å²) in [4.78, 5) is 4.96. The van der Waals surface area contributed by atoms with Crippen LogP contribution in [0.25, 0.3) is 5.69 Å². The molecular weight excluding hydrogens is 320 g/mol. The number of fused-ring (bicyclic) bond motifs is 2. The van der Waals surface area contributed by atoms with E-state index in [2.05, 4.69) is 22.5 Å². The number of nitrogens with one attached hydrogen (secondary N) is 1. The second-order valence-electron chi connectivity index (χ2n) is 6.12. The lowest BCUT2D eigenvalue weighted by molar-refractivity contribution is 0.888. The standard InChI is InChI=1S/C22H16N4/c1-3-9-16(10-4-1)21-18-15-23-26(17-11-5-2-6-12-17)22(18)25-20-14-8-7-13-19(20)24-21/h1-15,25H. The molecule has 3 aromatic carbocycles. The van der Waals surface area contributed by atoms with Crippen LogP contribution >= 0.6 is 0 Å². The molecule has 1 aromatic heterocycles. The fourth-order valence-corrected chi connectivity index (χ4v) is 3.21. The van der Waals surface area contributed by atoms with Gasteiger partial charge < -0.3 is 5.32 Å². The predicted octanol–water partition coefficient (Wildman–Crippen LogP) is 5.10. The molecule has 26 heavy (non-hydrogen) atoms. The Kier molecular flexibility index (Phi) is 3.39. The summed E-state index contributed by atoms with van der Waals surface area (Å²) in [6.45, 7) is 0. The molecule has 5 rings (SSSR count). The Balaban J connectivity index is 1.77. The summed E-state index contributed by atoms with van der Waals surface area (Å²) in [6, 6.07) is 28.4. The van der Waals surface area contributed by atoms with Crippen molar-refractivity contribution in [2.75, 3.05) is 5.32 Å². The molecular formula is C22H16N4. The van der Waals surface area contributed by atoms with E-state index >= 15 is 0 Å². The van der Waals surface area contributed by atoms with Crippen LogP contribution in [0, 0.1) is 0 Å². The van der Waals surface area contributed by atoms with Crippen LogP contribution in [0.1, 0.15) is 11.1 Å². The smallest absolute Gasteiger partial charge is 0.143 e. The molecule has 1 N–H and O–H groups in total. The molecule has 1 aliphatic heterocycles. The Bertz CT molecular complexity index is 1100. The van der Waals surface area contributed by atoms with Gasteiger partial charge in [0.15, 0.2) is 0 Å². The van der Waals surface area contributed by atoms with E-state index in [1.807, 2.05) is 83.7 Å². The van der Waals surface area contributed by atoms with E-state index in [0.717, 1.165) is 39.7 Å². The van der Waals surface area contributed by atoms with E-state index in [4.69, 9.17) is 4.99 Å². The molecule has 0 amide bonds. The zero-order valence-electron chi connectivity index (χ0n) is 14.0. The largest absolute Gasteiger partial charge is 0.338 e. The van der Waals surface area contributed by atoms with E-state index in [9.17, 15) is 0 Å². The highest BCUT2D eigenvalue weighted by Crippen LogP contribution is 2.36. The molecule has 0 saturated carbocycles. The quantitative estimate of drug-likeness (QED) is 0.487. The molecule has 0 atom stereocenters. The van der Waals surface area contributed by atoms with E-state index in [1.165, 1.54) is 0 Å². The number of para-hydroxylation sites is 3. The summed E-state index contributed by atoms with van der Waals surface area (Å²) in [5.74, 6) is 0.920. The van der Waals surface area contributed by atoms with Crippen molar-refractivity contribution in [3.63, 3.8) is 0 Å². The minimum Gasteiger partial charge on any atom is -0.338 e. The molecule has 4 aromatic rings. The third-order valence-electron chi connectivity index (χ3n) is 4.46. The van der Waals surface area contributed by atoms with Gasteiger partial charge in [0.05, 0.1) is 34.5 Å². The lowest BCUT2D eigenvalue weighted by Crippen LogP contribution is -2.06. The van der Waals surface area contributed by atoms with Gasteiger partial charge in [0, 0.05) is 5.56 Å². The zero-order valence-corrected chi connectivity index (χ0v) is 14.0. The minimum atomic E-state index is 0.917. The van der Waals surface area contributed by atoms with Gasteiger partial charge in [0.1, 0.15) is 5.82 Å². The third kappa shape index (κ3) is 2.40. The van der Waals surface area contributed by atoms with Gasteiger partial charge in [-0.25, -0.2) is 9.67 Å². The first-order valence-corrected chi connectivity index (χ1v) is 8.54. The van der Waals surface area contributed by atoms with Crippen LogP contribution in [-0.4, -0.2) is 15.5 Å². The number of benzene rings is 3. The molecule has 0 fully saturated rings. The van der Waals surface area contributed by atoms with Crippen molar-refractivity contribution in [1.82, 2.24) is 9.78 Å². The molecule has 124 valence electrons. The van der Waals surface area contributed by atoms with Gasteiger partial charge in [-0.1, -0.05) is 60.7 Å². The predicted molar refractivity (Wildman–Crippen MR) is 105 cm³/mol. The van der Waals surface area contributed by atoms with Crippen LogP contribution in [0.15, 0.2) is 96.1 Å². The molecule has 0 aliphatic carbocycles. The van der Waals surface area contributed by atoms with E-state index in [-0.39, 0.29) is 0 Å². The van der Waals surface area contributed by atoms with Crippen molar-refractivity contribution in [2.24, 2.45) is 4.99 Å². The number of hydrogen-bond acceptors (Lipinski definition) is 3. The minimum absolute atomic E-state index is 0.917. The van der Waals surface area contributed by atoms with Gasteiger partial charge in [0.2, 0.25) is 0 Å². The molecule has 0 unspecified atom stereocenters. The fraction of sp³-hybridized carbons (Fsp3) is 0. The van der Waals surface area contributed by atoms with Crippen molar-refractivity contribution in [2.45, 2.75) is 0 Å². The maximum absolute atomic E-state index is 4.96. The molecule has 0 spiro atoms. The van der Waals surface area contributed by atoms with Crippen LogP contribution in [0.5, 0.6) is 0 Å². The molecule has 0 bridgehead atoms. The maximum Gasteiger partial charge on any atom is 0.143 e. The Morgan fingerprint density at radius 3 is 2.23 bits per heavy atom. The van der Waals surface area contributed by atoms with Gasteiger partial charge in [-0.15, -0.1) is 0 Å². The van der Waals surface area contributed by atoms with Crippen LogP contribution in [-0.2, 0) is 0 Å². The lowest BCUT2D eigenvalue weighted by atomic mass is 10.0. The molecule has 1 aliphatic rings. The number of aromatic nitrogens is 2. The SMILES string of the molecule is c1ccc(C2=Nc3ccccc3Nc3c2cnn3-c2ccccc2)cc1.